The maximum Gasteiger partial charge on any atom is 0.492 e. The highest BCUT2D eigenvalue weighted by Crippen LogP contribution is 2.40. The molecule has 1 amide bonds. The van der Waals surface area contributed by atoms with Crippen LogP contribution < -0.4 is 10.1 Å². The number of aromatic hydroxyl groups is 1. The number of ether oxygens (including phenoxy) is 1. The van der Waals surface area contributed by atoms with E-state index in [4.69, 9.17) is 14.0 Å². The highest BCUT2D eigenvalue weighted by molar-refractivity contribution is 6.56. The number of hydrogen-bond donors (Lipinski definition) is 2. The Labute approximate surface area is 159 Å². The van der Waals surface area contributed by atoms with E-state index in [0.29, 0.717) is 11.8 Å². The lowest BCUT2D eigenvalue weighted by molar-refractivity contribution is -0.118. The fourth-order valence-electron chi connectivity index (χ4n) is 2.63. The number of phenolic OH excluding ortho intramolecular Hbond substituents is 1. The number of carbonyl (C=O) groups is 2. The lowest BCUT2D eigenvalue weighted by Gasteiger charge is -2.32. The Kier molecular flexibility index (Phi) is 6.02. The summed E-state index contributed by atoms with van der Waals surface area (Å²) in [6, 6.07) is 3.07. The number of phenols is 1. The minimum absolute atomic E-state index is 0.140. The molecule has 2 N–H and O–H groups in total. The zero-order valence-electron chi connectivity index (χ0n) is 16.6. The van der Waals surface area contributed by atoms with Gasteiger partial charge in [-0.1, -0.05) is 6.08 Å². The molecule has 0 bridgehead atoms. The second-order valence-corrected chi connectivity index (χ2v) is 7.45. The van der Waals surface area contributed by atoms with Crippen molar-refractivity contribution in [2.75, 3.05) is 13.7 Å². The van der Waals surface area contributed by atoms with Crippen molar-refractivity contribution in [1.29, 1.82) is 0 Å². The lowest BCUT2D eigenvalue weighted by atomic mass is 9.76. The SMILES string of the molecule is COc1ccc(C=O)c(C=C(CNC(C)=O)B2OC(C)(C)C(C)(C)O2)c1O. The first kappa shape index (κ1) is 21.0. The summed E-state index contributed by atoms with van der Waals surface area (Å²) in [4.78, 5) is 22.9. The first-order chi connectivity index (χ1) is 12.5. The van der Waals surface area contributed by atoms with Gasteiger partial charge in [-0.3, -0.25) is 9.59 Å². The van der Waals surface area contributed by atoms with Gasteiger partial charge in [-0.15, -0.1) is 0 Å². The Morgan fingerprint density at radius 1 is 1.26 bits per heavy atom. The second kappa shape index (κ2) is 7.74. The number of hydrogen-bond acceptors (Lipinski definition) is 6. The van der Waals surface area contributed by atoms with Crippen LogP contribution >= 0.6 is 0 Å². The van der Waals surface area contributed by atoms with Crippen LogP contribution in [-0.4, -0.2) is 49.3 Å². The third-order valence-corrected chi connectivity index (χ3v) is 4.99. The Morgan fingerprint density at radius 3 is 2.33 bits per heavy atom. The van der Waals surface area contributed by atoms with Gasteiger partial charge in [0.15, 0.2) is 17.8 Å². The predicted molar refractivity (Wildman–Crippen MR) is 103 cm³/mol. The third kappa shape index (κ3) is 4.34. The summed E-state index contributed by atoms with van der Waals surface area (Å²) in [5.74, 6) is -0.151. The molecular weight excluding hydrogens is 349 g/mol. The van der Waals surface area contributed by atoms with Gasteiger partial charge in [0, 0.05) is 24.6 Å². The van der Waals surface area contributed by atoms with Crippen LogP contribution in [-0.2, 0) is 14.1 Å². The van der Waals surface area contributed by atoms with Crippen molar-refractivity contribution in [3.05, 3.63) is 28.7 Å². The quantitative estimate of drug-likeness (QED) is 0.586. The maximum atomic E-state index is 11.4. The van der Waals surface area contributed by atoms with Gasteiger partial charge in [0.1, 0.15) is 0 Å². The summed E-state index contributed by atoms with van der Waals surface area (Å²) in [5.41, 5.74) is -0.0200. The first-order valence-electron chi connectivity index (χ1n) is 8.68. The minimum atomic E-state index is -0.744. The summed E-state index contributed by atoms with van der Waals surface area (Å²) in [6.07, 6.45) is 2.24. The van der Waals surface area contributed by atoms with E-state index in [1.165, 1.54) is 20.1 Å². The fourth-order valence-corrected chi connectivity index (χ4v) is 2.63. The number of rotatable bonds is 6. The van der Waals surface area contributed by atoms with Crippen LogP contribution in [0.3, 0.4) is 0 Å². The molecule has 0 unspecified atom stereocenters. The molecule has 8 heteroatoms. The largest absolute Gasteiger partial charge is 0.504 e. The van der Waals surface area contributed by atoms with Gasteiger partial charge in [0.25, 0.3) is 0 Å². The molecule has 0 atom stereocenters. The Morgan fingerprint density at radius 2 is 1.85 bits per heavy atom. The van der Waals surface area contributed by atoms with Gasteiger partial charge in [-0.05, 0) is 45.3 Å². The molecule has 1 heterocycles. The summed E-state index contributed by atoms with van der Waals surface area (Å²) in [5, 5.41) is 13.2. The fraction of sp³-hybridized carbons (Fsp3) is 0.474. The van der Waals surface area contributed by atoms with E-state index >= 15 is 0 Å². The Bertz CT molecular complexity index is 756. The molecule has 0 radical (unpaired) electrons. The second-order valence-electron chi connectivity index (χ2n) is 7.45. The number of nitrogens with one attached hydrogen (secondary N) is 1. The molecule has 0 aliphatic carbocycles. The highest BCUT2D eigenvalue weighted by Gasteiger charge is 2.52. The van der Waals surface area contributed by atoms with Crippen molar-refractivity contribution in [1.82, 2.24) is 5.32 Å². The van der Waals surface area contributed by atoms with Crippen molar-refractivity contribution in [2.24, 2.45) is 0 Å². The summed E-state index contributed by atoms with van der Waals surface area (Å²) in [7, 11) is 0.683. The molecule has 2 rings (SSSR count). The van der Waals surface area contributed by atoms with Crippen molar-refractivity contribution in [3.63, 3.8) is 0 Å². The number of amides is 1. The van der Waals surface area contributed by atoms with Gasteiger partial charge in [-0.25, -0.2) is 0 Å². The molecule has 0 aromatic heterocycles. The van der Waals surface area contributed by atoms with Crippen LogP contribution in [0, 0.1) is 0 Å². The number of aldehydes is 1. The van der Waals surface area contributed by atoms with Crippen LogP contribution in [0.1, 0.15) is 50.5 Å². The number of carbonyl (C=O) groups excluding carboxylic acids is 2. The zero-order chi connectivity index (χ0) is 20.4. The number of benzene rings is 1. The predicted octanol–water partition coefficient (Wildman–Crippen LogP) is 2.36. The van der Waals surface area contributed by atoms with Gasteiger partial charge in [0.2, 0.25) is 5.91 Å². The van der Waals surface area contributed by atoms with E-state index in [9.17, 15) is 14.7 Å². The molecule has 27 heavy (non-hydrogen) atoms. The van der Waals surface area contributed by atoms with Gasteiger partial charge in [-0.2, -0.15) is 0 Å². The van der Waals surface area contributed by atoms with E-state index in [1.54, 1.807) is 12.1 Å². The van der Waals surface area contributed by atoms with E-state index < -0.39 is 18.3 Å². The molecule has 1 aliphatic heterocycles. The van der Waals surface area contributed by atoms with Crippen LogP contribution in [0.4, 0.5) is 0 Å². The normalized spacial score (nSPS) is 18.3. The lowest BCUT2D eigenvalue weighted by Crippen LogP contribution is -2.41. The number of methoxy groups -OCH3 is 1. The molecule has 1 aromatic rings. The molecule has 0 spiro atoms. The molecular formula is C19H26BNO6. The van der Waals surface area contributed by atoms with E-state index in [-0.39, 0.29) is 35.1 Å². The van der Waals surface area contributed by atoms with E-state index in [2.05, 4.69) is 5.32 Å². The average Bonchev–Trinajstić information content (AvgIpc) is 2.79. The molecule has 1 aliphatic rings. The van der Waals surface area contributed by atoms with Crippen LogP contribution in [0.15, 0.2) is 17.6 Å². The summed E-state index contributed by atoms with van der Waals surface area (Å²) >= 11 is 0. The molecule has 1 aromatic carbocycles. The molecule has 7 nitrogen and oxygen atoms in total. The van der Waals surface area contributed by atoms with Crippen LogP contribution in [0.25, 0.3) is 6.08 Å². The summed E-state index contributed by atoms with van der Waals surface area (Å²) < 4.78 is 17.2. The maximum absolute atomic E-state index is 11.4. The van der Waals surface area contributed by atoms with Crippen molar-refractivity contribution in [3.8, 4) is 11.5 Å². The molecule has 146 valence electrons. The standard InChI is InChI=1S/C19H26BNO6/c1-12(23)21-10-14(20-26-18(2,3)19(4,5)27-20)9-15-13(11-22)7-8-16(25-6)17(15)24/h7-9,11,24H,10H2,1-6H3,(H,21,23). The molecule has 1 fully saturated rings. The Balaban J connectivity index is 2.52. The van der Waals surface area contributed by atoms with Crippen molar-refractivity contribution < 1.29 is 28.7 Å². The topological polar surface area (TPSA) is 94.1 Å². The zero-order valence-corrected chi connectivity index (χ0v) is 16.6. The molecule has 1 saturated heterocycles. The third-order valence-electron chi connectivity index (χ3n) is 4.99. The minimum Gasteiger partial charge on any atom is -0.504 e. The molecule has 0 saturated carbocycles. The van der Waals surface area contributed by atoms with Crippen LogP contribution in [0.2, 0.25) is 0 Å². The van der Waals surface area contributed by atoms with E-state index in [0.717, 1.165) is 0 Å². The first-order valence-corrected chi connectivity index (χ1v) is 8.68. The summed E-state index contributed by atoms with van der Waals surface area (Å²) in [6.45, 7) is 9.22. The van der Waals surface area contributed by atoms with Crippen LogP contribution in [0.5, 0.6) is 11.5 Å². The Hall–Kier alpha value is -2.32. The highest BCUT2D eigenvalue weighted by atomic mass is 16.7. The van der Waals surface area contributed by atoms with Gasteiger partial charge in [0.05, 0.1) is 18.3 Å². The average molecular weight is 375 g/mol. The smallest absolute Gasteiger partial charge is 0.492 e. The van der Waals surface area contributed by atoms with Gasteiger partial charge >= 0.3 is 7.12 Å². The van der Waals surface area contributed by atoms with Crippen molar-refractivity contribution >= 4 is 25.4 Å². The van der Waals surface area contributed by atoms with Crippen molar-refractivity contribution in [2.45, 2.75) is 45.8 Å². The monoisotopic (exact) mass is 375 g/mol. The van der Waals surface area contributed by atoms with E-state index in [1.807, 2.05) is 27.7 Å². The van der Waals surface area contributed by atoms with Gasteiger partial charge < -0.3 is 24.5 Å².